The fraction of sp³-hybridized carbons (Fsp3) is 0.476. The zero-order valence-corrected chi connectivity index (χ0v) is 16.4. The molecular formula is C21H26N4O4. The second kappa shape index (κ2) is 9.09. The number of carbonyl (C=O) groups excluding carboxylic acids is 2. The first-order valence-electron chi connectivity index (χ1n) is 10.1. The van der Waals surface area contributed by atoms with Crippen molar-refractivity contribution in [2.75, 3.05) is 43.1 Å². The van der Waals surface area contributed by atoms with Gasteiger partial charge in [-0.2, -0.15) is 0 Å². The summed E-state index contributed by atoms with van der Waals surface area (Å²) in [6.07, 6.45) is 6.64. The molecule has 4 rings (SSSR count). The molecule has 2 N–H and O–H groups in total. The van der Waals surface area contributed by atoms with E-state index in [9.17, 15) is 9.59 Å². The summed E-state index contributed by atoms with van der Waals surface area (Å²) in [5.41, 5.74) is 1.13. The van der Waals surface area contributed by atoms with Gasteiger partial charge in [0.25, 0.3) is 5.91 Å². The Morgan fingerprint density at radius 3 is 3.00 bits per heavy atom. The van der Waals surface area contributed by atoms with Gasteiger partial charge in [0.1, 0.15) is 11.6 Å². The molecule has 0 radical (unpaired) electrons. The van der Waals surface area contributed by atoms with Crippen molar-refractivity contribution in [3.8, 4) is 0 Å². The van der Waals surface area contributed by atoms with E-state index < -0.39 is 0 Å². The zero-order valence-electron chi connectivity index (χ0n) is 16.4. The molecule has 154 valence electrons. The number of furan rings is 1. The third-order valence-electron chi connectivity index (χ3n) is 5.38. The number of nitrogens with one attached hydrogen (secondary N) is 2. The molecule has 8 nitrogen and oxygen atoms in total. The van der Waals surface area contributed by atoms with Crippen LogP contribution in [-0.2, 0) is 16.0 Å². The van der Waals surface area contributed by atoms with E-state index in [-0.39, 0.29) is 18.4 Å². The molecule has 1 saturated heterocycles. The van der Waals surface area contributed by atoms with Crippen molar-refractivity contribution in [1.82, 2.24) is 10.3 Å². The average Bonchev–Trinajstić information content (AvgIpc) is 3.27. The molecule has 29 heavy (non-hydrogen) atoms. The first-order chi connectivity index (χ1) is 14.2. The van der Waals surface area contributed by atoms with Gasteiger partial charge in [-0.1, -0.05) is 0 Å². The van der Waals surface area contributed by atoms with E-state index in [4.69, 9.17) is 9.15 Å². The second-order valence-corrected chi connectivity index (χ2v) is 7.44. The molecule has 8 heteroatoms. The molecule has 2 aromatic heterocycles. The van der Waals surface area contributed by atoms with Crippen molar-refractivity contribution in [3.05, 3.63) is 42.0 Å². The van der Waals surface area contributed by atoms with Crippen LogP contribution in [0.1, 0.15) is 35.4 Å². The fourth-order valence-electron chi connectivity index (χ4n) is 3.72. The van der Waals surface area contributed by atoms with Gasteiger partial charge in [0, 0.05) is 38.9 Å². The van der Waals surface area contributed by atoms with Crippen LogP contribution in [0.15, 0.2) is 35.1 Å². The van der Waals surface area contributed by atoms with E-state index in [1.165, 1.54) is 0 Å². The topological polar surface area (TPSA) is 96.7 Å². The molecule has 1 fully saturated rings. The van der Waals surface area contributed by atoms with Gasteiger partial charge in [0.05, 0.1) is 24.1 Å². The molecule has 2 aliphatic heterocycles. The molecule has 0 bridgehead atoms. The van der Waals surface area contributed by atoms with Crippen LogP contribution in [0.4, 0.5) is 11.5 Å². The number of carbonyl (C=O) groups is 2. The number of rotatable bonds is 7. The summed E-state index contributed by atoms with van der Waals surface area (Å²) in [5, 5.41) is 5.96. The minimum atomic E-state index is -0.191. The number of aryl methyl sites for hydroxylation is 1. The third kappa shape index (κ3) is 4.76. The number of amides is 2. The number of nitrogens with zero attached hydrogens (tertiary/aromatic N) is 2. The molecule has 0 unspecified atom stereocenters. The van der Waals surface area contributed by atoms with Crippen molar-refractivity contribution in [2.45, 2.75) is 25.7 Å². The molecule has 4 heterocycles. The molecule has 2 aromatic rings. The Hall–Kier alpha value is -2.87. The van der Waals surface area contributed by atoms with E-state index in [1.54, 1.807) is 23.4 Å². The van der Waals surface area contributed by atoms with Crippen LogP contribution in [-0.4, -0.2) is 49.6 Å². The van der Waals surface area contributed by atoms with Gasteiger partial charge >= 0.3 is 0 Å². The van der Waals surface area contributed by atoms with Gasteiger partial charge in [-0.05, 0) is 43.4 Å². The van der Waals surface area contributed by atoms with Crippen LogP contribution in [0.5, 0.6) is 0 Å². The normalized spacial score (nSPS) is 17.0. The van der Waals surface area contributed by atoms with Crippen LogP contribution >= 0.6 is 0 Å². The number of anilines is 2. The van der Waals surface area contributed by atoms with Crippen LogP contribution in [0.2, 0.25) is 0 Å². The number of pyridine rings is 1. The second-order valence-electron chi connectivity index (χ2n) is 7.44. The molecule has 0 atom stereocenters. The summed E-state index contributed by atoms with van der Waals surface area (Å²) in [6, 6.07) is 5.54. The molecule has 0 spiro atoms. The van der Waals surface area contributed by atoms with Crippen molar-refractivity contribution < 1.29 is 18.7 Å². The molecular weight excluding hydrogens is 372 g/mol. The van der Waals surface area contributed by atoms with Crippen LogP contribution in [0, 0.1) is 5.92 Å². The maximum absolute atomic E-state index is 12.6. The standard InChI is InChI=1S/C21H26N4O4/c26-19-13-24-20-18(25(19)14-15-5-9-28-10-6-15)11-16(12-23-20)21(27)22-7-1-3-17-4-2-8-29-17/h2,4,8,11-12,15H,1,3,5-7,9-10,13-14H2,(H,22,27)(H,23,24). The van der Waals surface area contributed by atoms with Crippen molar-refractivity contribution in [3.63, 3.8) is 0 Å². The number of fused-ring (bicyclic) bond motifs is 1. The smallest absolute Gasteiger partial charge is 0.252 e. The maximum atomic E-state index is 12.6. The maximum Gasteiger partial charge on any atom is 0.252 e. The Morgan fingerprint density at radius 2 is 2.21 bits per heavy atom. The van der Waals surface area contributed by atoms with Gasteiger partial charge in [0.15, 0.2) is 0 Å². The third-order valence-corrected chi connectivity index (χ3v) is 5.38. The first kappa shape index (κ1) is 19.4. The van der Waals surface area contributed by atoms with Gasteiger partial charge in [0.2, 0.25) is 5.91 Å². The largest absolute Gasteiger partial charge is 0.469 e. The van der Waals surface area contributed by atoms with Crippen LogP contribution < -0.4 is 15.5 Å². The predicted molar refractivity (Wildman–Crippen MR) is 108 cm³/mol. The van der Waals surface area contributed by atoms with E-state index in [0.717, 1.165) is 44.7 Å². The lowest BCUT2D eigenvalue weighted by atomic mass is 9.99. The average molecular weight is 398 g/mol. The molecule has 0 aromatic carbocycles. The van der Waals surface area contributed by atoms with Gasteiger partial charge in [-0.15, -0.1) is 0 Å². The highest BCUT2D eigenvalue weighted by atomic mass is 16.5. The Bertz CT molecular complexity index is 846. The van der Waals surface area contributed by atoms with E-state index in [2.05, 4.69) is 15.6 Å². The molecule has 0 aliphatic carbocycles. The van der Waals surface area contributed by atoms with Crippen LogP contribution in [0.3, 0.4) is 0 Å². The number of ether oxygens (including phenoxy) is 1. The summed E-state index contributed by atoms with van der Waals surface area (Å²) < 4.78 is 10.7. The quantitative estimate of drug-likeness (QED) is 0.695. The van der Waals surface area contributed by atoms with Gasteiger partial charge in [-0.25, -0.2) is 4.98 Å². The van der Waals surface area contributed by atoms with E-state index in [0.29, 0.717) is 36.1 Å². The lowest BCUT2D eigenvalue weighted by Crippen LogP contribution is -2.44. The Balaban J connectivity index is 1.40. The van der Waals surface area contributed by atoms with Crippen molar-refractivity contribution in [2.24, 2.45) is 5.92 Å². The van der Waals surface area contributed by atoms with Crippen LogP contribution in [0.25, 0.3) is 0 Å². The van der Waals surface area contributed by atoms with E-state index >= 15 is 0 Å². The summed E-state index contributed by atoms with van der Waals surface area (Å²) in [4.78, 5) is 31.2. The Labute approximate surface area is 169 Å². The highest BCUT2D eigenvalue weighted by molar-refractivity contribution is 6.04. The summed E-state index contributed by atoms with van der Waals surface area (Å²) >= 11 is 0. The summed E-state index contributed by atoms with van der Waals surface area (Å²) in [5.74, 6) is 1.76. The van der Waals surface area contributed by atoms with Crippen molar-refractivity contribution >= 4 is 23.3 Å². The predicted octanol–water partition coefficient (Wildman–Crippen LogP) is 2.22. The summed E-state index contributed by atoms with van der Waals surface area (Å²) in [7, 11) is 0. The molecule has 2 amide bonds. The van der Waals surface area contributed by atoms with Gasteiger partial charge < -0.3 is 24.7 Å². The lowest BCUT2D eigenvalue weighted by molar-refractivity contribution is -0.117. The minimum absolute atomic E-state index is 0.00166. The van der Waals surface area contributed by atoms with E-state index in [1.807, 2.05) is 12.1 Å². The highest BCUT2D eigenvalue weighted by Gasteiger charge is 2.29. The zero-order chi connectivity index (χ0) is 20.1. The minimum Gasteiger partial charge on any atom is -0.469 e. The lowest BCUT2D eigenvalue weighted by Gasteiger charge is -2.33. The Kier molecular flexibility index (Phi) is 6.09. The molecule has 2 aliphatic rings. The SMILES string of the molecule is O=C(NCCCc1ccco1)c1cnc2c(c1)N(CC1CCOCC1)C(=O)CN2. The molecule has 0 saturated carbocycles. The number of aromatic nitrogens is 1. The van der Waals surface area contributed by atoms with Gasteiger partial charge in [-0.3, -0.25) is 9.59 Å². The first-order valence-corrected chi connectivity index (χ1v) is 10.1. The number of hydrogen-bond donors (Lipinski definition) is 2. The fourth-order valence-corrected chi connectivity index (χ4v) is 3.72. The monoisotopic (exact) mass is 398 g/mol. The summed E-state index contributed by atoms with van der Waals surface area (Å²) in [6.45, 7) is 2.86. The Morgan fingerprint density at radius 1 is 1.34 bits per heavy atom. The number of hydrogen-bond acceptors (Lipinski definition) is 6. The van der Waals surface area contributed by atoms with Crippen molar-refractivity contribution in [1.29, 1.82) is 0 Å². The highest BCUT2D eigenvalue weighted by Crippen LogP contribution is 2.30.